The van der Waals surface area contributed by atoms with Crippen molar-refractivity contribution in [2.75, 3.05) is 26.3 Å². The summed E-state index contributed by atoms with van der Waals surface area (Å²) in [6.45, 7) is 6.13. The molecule has 3 aliphatic heterocycles. The van der Waals surface area contributed by atoms with Gasteiger partial charge in [-0.3, -0.25) is 9.69 Å². The lowest BCUT2D eigenvalue weighted by Gasteiger charge is -2.45. The van der Waals surface area contributed by atoms with Crippen LogP contribution in [0.25, 0.3) is 11.0 Å². The molecular formula is C32H33ClN4O6S. The van der Waals surface area contributed by atoms with Crippen LogP contribution in [0.2, 0.25) is 5.02 Å². The number of hydrogen-bond acceptors (Lipinski definition) is 9. The van der Waals surface area contributed by atoms with Crippen LogP contribution in [-0.4, -0.2) is 68.7 Å². The molecule has 0 bridgehead atoms. The lowest BCUT2D eigenvalue weighted by atomic mass is 9.73. The second-order valence-corrected chi connectivity index (χ2v) is 13.4. The number of thiophene rings is 1. The van der Waals surface area contributed by atoms with Crippen molar-refractivity contribution in [3.63, 3.8) is 0 Å². The predicted molar refractivity (Wildman–Crippen MR) is 165 cm³/mol. The summed E-state index contributed by atoms with van der Waals surface area (Å²) in [6.07, 6.45) is 3.92. The first-order valence-electron chi connectivity index (χ1n) is 14.9. The average Bonchev–Trinajstić information content (AvgIpc) is 3.53. The number of aromatic nitrogens is 3. The zero-order chi connectivity index (χ0) is 30.4. The normalized spacial score (nSPS) is 21.5. The fraction of sp³-hybridized carbons (Fsp3) is 0.438. The van der Waals surface area contributed by atoms with Crippen molar-refractivity contribution in [1.82, 2.24) is 19.4 Å². The molecule has 1 N–H and O–H groups in total. The van der Waals surface area contributed by atoms with Gasteiger partial charge in [-0.05, 0) is 69.5 Å². The van der Waals surface area contributed by atoms with Gasteiger partial charge in [-0.2, -0.15) is 0 Å². The molecule has 7 rings (SSSR count). The number of rotatable bonds is 9. The Kier molecular flexibility index (Phi) is 7.82. The Bertz CT molecular complexity index is 1750. The highest BCUT2D eigenvalue weighted by Gasteiger charge is 2.43. The number of pyridine rings is 1. The van der Waals surface area contributed by atoms with Gasteiger partial charge in [0.2, 0.25) is 5.88 Å². The van der Waals surface area contributed by atoms with Crippen LogP contribution >= 0.6 is 22.9 Å². The van der Waals surface area contributed by atoms with E-state index < -0.39 is 5.97 Å². The van der Waals surface area contributed by atoms with Gasteiger partial charge in [-0.25, -0.2) is 14.8 Å². The van der Waals surface area contributed by atoms with E-state index in [1.807, 2.05) is 12.1 Å². The number of carbonyl (C=O) groups excluding carboxylic acids is 1. The Morgan fingerprint density at radius 3 is 2.80 bits per heavy atom. The maximum atomic E-state index is 11.8. The number of carboxylic acid groups (broad SMARTS) is 1. The Labute approximate surface area is 263 Å². The van der Waals surface area contributed by atoms with E-state index in [2.05, 4.69) is 9.47 Å². The van der Waals surface area contributed by atoms with Crippen molar-refractivity contribution in [3.05, 3.63) is 68.3 Å². The van der Waals surface area contributed by atoms with Crippen LogP contribution in [0.4, 0.5) is 0 Å². The first-order chi connectivity index (χ1) is 21.3. The molecule has 1 aromatic carbocycles. The van der Waals surface area contributed by atoms with Crippen molar-refractivity contribution in [3.8, 4) is 11.6 Å². The third-order valence-electron chi connectivity index (χ3n) is 8.90. The van der Waals surface area contributed by atoms with E-state index in [1.54, 1.807) is 24.3 Å². The summed E-state index contributed by atoms with van der Waals surface area (Å²) in [4.78, 5) is 37.3. The monoisotopic (exact) mass is 636 g/mol. The van der Waals surface area contributed by atoms with Crippen LogP contribution in [0.15, 0.2) is 36.4 Å². The minimum absolute atomic E-state index is 0.0204. The highest BCUT2D eigenvalue weighted by Crippen LogP contribution is 2.44. The Balaban J connectivity index is 1.14. The van der Waals surface area contributed by atoms with E-state index in [0.717, 1.165) is 78.6 Å². The Hall–Kier alpha value is -3.51. The zero-order valence-corrected chi connectivity index (χ0v) is 26.0. The van der Waals surface area contributed by atoms with Crippen molar-refractivity contribution >= 4 is 45.7 Å². The number of hydrogen-bond donors (Lipinski definition) is 1. The first-order valence-corrected chi connectivity index (χ1v) is 16.1. The molecule has 6 heterocycles. The number of nitrogens with zero attached hydrogens (tertiary/aromatic N) is 4. The summed E-state index contributed by atoms with van der Waals surface area (Å²) < 4.78 is 20.0. The van der Waals surface area contributed by atoms with Gasteiger partial charge in [-0.15, -0.1) is 11.3 Å². The molecule has 1 unspecified atom stereocenters. The zero-order valence-electron chi connectivity index (χ0n) is 24.4. The van der Waals surface area contributed by atoms with Crippen molar-refractivity contribution < 1.29 is 28.9 Å². The van der Waals surface area contributed by atoms with E-state index in [0.29, 0.717) is 35.5 Å². The summed E-state index contributed by atoms with van der Waals surface area (Å²) in [5.41, 5.74) is 2.58. The number of halogens is 1. The van der Waals surface area contributed by atoms with E-state index >= 15 is 0 Å². The molecule has 12 heteroatoms. The fourth-order valence-corrected chi connectivity index (χ4v) is 7.72. The first kappa shape index (κ1) is 29.2. The highest BCUT2D eigenvalue weighted by molar-refractivity contribution is 7.14. The number of ketones is 1. The Morgan fingerprint density at radius 2 is 2.05 bits per heavy atom. The average molecular weight is 637 g/mol. The van der Waals surface area contributed by atoms with Gasteiger partial charge < -0.3 is 23.9 Å². The van der Waals surface area contributed by atoms with Crippen LogP contribution in [0.3, 0.4) is 0 Å². The van der Waals surface area contributed by atoms with Gasteiger partial charge in [-0.1, -0.05) is 11.6 Å². The number of piperidine rings is 1. The van der Waals surface area contributed by atoms with E-state index in [4.69, 9.17) is 35.8 Å². The summed E-state index contributed by atoms with van der Waals surface area (Å²) >= 11 is 7.70. The molecular weight excluding hydrogens is 604 g/mol. The predicted octanol–water partition coefficient (Wildman–Crippen LogP) is 5.73. The smallest absolute Gasteiger partial charge is 0.335 e. The quantitative estimate of drug-likeness (QED) is 0.230. The molecule has 2 saturated heterocycles. The van der Waals surface area contributed by atoms with Crippen molar-refractivity contribution in [1.29, 1.82) is 0 Å². The number of Topliss-reactive ketones (excluding diaryl/α,β-unsaturated/α-hetero) is 1. The molecule has 1 spiro atoms. The molecule has 4 aromatic rings. The Morgan fingerprint density at radius 1 is 1.18 bits per heavy atom. The fourth-order valence-electron chi connectivity index (χ4n) is 6.52. The summed E-state index contributed by atoms with van der Waals surface area (Å²) in [7, 11) is 0. The highest BCUT2D eigenvalue weighted by atomic mass is 35.5. The van der Waals surface area contributed by atoms with Crippen LogP contribution < -0.4 is 9.47 Å². The lowest BCUT2D eigenvalue weighted by molar-refractivity contribution is -0.0592. The van der Waals surface area contributed by atoms with Gasteiger partial charge >= 0.3 is 5.97 Å². The standard InChI is InChI=1S/C32H33ClN4O6S/c1-19(38)26-14-22(33)27(44-26)17-43-29-6-5-25-30(35-29)32(9-12-42-25)8-2-10-36(18-32)16-28-34-23-4-3-20(31(39)40)13-24(23)37(28)15-21-7-11-41-21/h3-6,13-14,21H,2,7-12,15-18H2,1H3,(H,39,40)/t21-,32?/m0/s1. The minimum atomic E-state index is -0.951. The molecule has 44 heavy (non-hydrogen) atoms. The number of carboxylic acids is 1. The number of likely N-dealkylation sites (tertiary alicyclic amines) is 1. The number of ether oxygens (including phenoxy) is 3. The third kappa shape index (κ3) is 5.58. The van der Waals surface area contributed by atoms with E-state index in [-0.39, 0.29) is 29.5 Å². The van der Waals surface area contributed by atoms with Crippen LogP contribution in [0, 0.1) is 0 Å². The van der Waals surface area contributed by atoms with Gasteiger partial charge in [0.25, 0.3) is 0 Å². The number of imidazole rings is 1. The number of benzene rings is 1. The minimum Gasteiger partial charge on any atom is -0.492 e. The van der Waals surface area contributed by atoms with Crippen molar-refractivity contribution in [2.24, 2.45) is 0 Å². The SMILES string of the molecule is CC(=O)c1cc(Cl)c(COc2ccc3c(n2)C2(CCCN(Cc4nc5ccc(C(=O)O)cc5n4C[C@@H]4CCO4)C2)CCO3)s1. The van der Waals surface area contributed by atoms with Crippen LogP contribution in [-0.2, 0) is 29.8 Å². The van der Waals surface area contributed by atoms with Gasteiger partial charge in [0, 0.05) is 24.6 Å². The molecule has 2 atom stereocenters. The van der Waals surface area contributed by atoms with Gasteiger partial charge in [0.15, 0.2) is 5.78 Å². The topological polar surface area (TPSA) is 116 Å². The van der Waals surface area contributed by atoms with E-state index in [9.17, 15) is 14.7 Å². The molecule has 0 radical (unpaired) electrons. The molecule has 3 aliphatic rings. The van der Waals surface area contributed by atoms with Gasteiger partial charge in [0.05, 0.1) is 62.9 Å². The summed E-state index contributed by atoms with van der Waals surface area (Å²) in [5.74, 6) is 1.22. The molecule has 3 aromatic heterocycles. The third-order valence-corrected chi connectivity index (χ3v) is 10.6. The van der Waals surface area contributed by atoms with Crippen molar-refractivity contribution in [2.45, 2.75) is 63.8 Å². The van der Waals surface area contributed by atoms with Crippen LogP contribution in [0.1, 0.15) is 69.0 Å². The molecule has 2 fully saturated rings. The number of fused-ring (bicyclic) bond motifs is 3. The number of carbonyl (C=O) groups is 2. The second kappa shape index (κ2) is 11.8. The lowest BCUT2D eigenvalue weighted by Crippen LogP contribution is -2.49. The van der Waals surface area contributed by atoms with E-state index in [1.165, 1.54) is 18.3 Å². The second-order valence-electron chi connectivity index (χ2n) is 11.8. The maximum Gasteiger partial charge on any atom is 0.335 e. The molecule has 0 amide bonds. The molecule has 0 aliphatic carbocycles. The number of aromatic carboxylic acids is 1. The molecule has 10 nitrogen and oxygen atoms in total. The largest absolute Gasteiger partial charge is 0.492 e. The van der Waals surface area contributed by atoms with Gasteiger partial charge in [0.1, 0.15) is 18.2 Å². The summed E-state index contributed by atoms with van der Waals surface area (Å²) in [6, 6.07) is 10.6. The molecule has 230 valence electrons. The summed E-state index contributed by atoms with van der Waals surface area (Å²) in [5, 5.41) is 10.1. The van der Waals surface area contributed by atoms with Crippen LogP contribution in [0.5, 0.6) is 11.6 Å². The maximum absolute atomic E-state index is 11.8. The molecule has 0 saturated carbocycles.